The highest BCUT2D eigenvalue weighted by Gasteiger charge is 2.21. The maximum Gasteiger partial charge on any atom is 0.341 e. The van der Waals surface area contributed by atoms with E-state index in [0.717, 1.165) is 30.1 Å². The largest absolute Gasteiger partial charge is 0.507 e. The van der Waals surface area contributed by atoms with Crippen molar-refractivity contribution in [2.75, 3.05) is 11.8 Å². The molecule has 1 aromatic carbocycles. The number of aryl methyl sites for hydroxylation is 1. The molecule has 10 nitrogen and oxygen atoms in total. The minimum Gasteiger partial charge on any atom is -0.507 e. The van der Waals surface area contributed by atoms with Crippen LogP contribution in [0.4, 0.5) is 5.95 Å². The van der Waals surface area contributed by atoms with Crippen molar-refractivity contribution in [3.63, 3.8) is 0 Å². The molecule has 2 aromatic rings. The van der Waals surface area contributed by atoms with Crippen LogP contribution in [0.25, 0.3) is 0 Å². The minimum absolute atomic E-state index is 0.217. The molecule has 0 amide bonds. The van der Waals surface area contributed by atoms with Crippen LogP contribution in [0.3, 0.4) is 0 Å². The minimum atomic E-state index is -4.03. The fraction of sp³-hybridized carbons (Fsp3) is 0.200. The number of aromatic nitrogens is 4. The molecule has 0 bridgehead atoms. The summed E-state index contributed by atoms with van der Waals surface area (Å²) in [4.78, 5) is 12.3. The molecule has 0 aliphatic carbocycles. The van der Waals surface area contributed by atoms with Gasteiger partial charge in [0, 0.05) is 0 Å². The van der Waals surface area contributed by atoms with Gasteiger partial charge < -0.3 is 9.84 Å². The summed E-state index contributed by atoms with van der Waals surface area (Å²) < 4.78 is 30.8. The highest BCUT2D eigenvalue weighted by molar-refractivity contribution is 7.92. The fourth-order valence-corrected chi connectivity index (χ4v) is 2.42. The van der Waals surface area contributed by atoms with Gasteiger partial charge in [-0.05, 0) is 23.4 Å². The summed E-state index contributed by atoms with van der Waals surface area (Å²) in [5.41, 5.74) is -0.271. The molecule has 112 valence electrons. The maximum absolute atomic E-state index is 12.1. The first-order chi connectivity index (χ1) is 9.83. The molecule has 0 spiro atoms. The van der Waals surface area contributed by atoms with E-state index in [0.29, 0.717) is 0 Å². The van der Waals surface area contributed by atoms with Crippen LogP contribution in [0.5, 0.6) is 5.75 Å². The van der Waals surface area contributed by atoms with Gasteiger partial charge in [0.2, 0.25) is 0 Å². The first-order valence-corrected chi connectivity index (χ1v) is 7.00. The lowest BCUT2D eigenvalue weighted by Gasteiger charge is -2.07. The molecule has 21 heavy (non-hydrogen) atoms. The number of benzene rings is 1. The molecule has 11 heteroatoms. The summed E-state index contributed by atoms with van der Waals surface area (Å²) in [6.07, 6.45) is 0. The summed E-state index contributed by atoms with van der Waals surface area (Å²) in [5, 5.41) is 20.2. The van der Waals surface area contributed by atoms with E-state index in [1.807, 2.05) is 0 Å². The zero-order valence-electron chi connectivity index (χ0n) is 11.0. The average molecular weight is 313 g/mol. The summed E-state index contributed by atoms with van der Waals surface area (Å²) >= 11 is 0. The number of esters is 1. The van der Waals surface area contributed by atoms with Crippen LogP contribution < -0.4 is 4.72 Å². The first kappa shape index (κ1) is 14.7. The molecular weight excluding hydrogens is 302 g/mol. The van der Waals surface area contributed by atoms with Crippen molar-refractivity contribution in [3.05, 3.63) is 23.8 Å². The van der Waals surface area contributed by atoms with E-state index in [-0.39, 0.29) is 16.4 Å². The van der Waals surface area contributed by atoms with Crippen molar-refractivity contribution < 1.29 is 23.1 Å². The second kappa shape index (κ2) is 5.36. The molecule has 0 saturated heterocycles. The van der Waals surface area contributed by atoms with Crippen molar-refractivity contribution in [3.8, 4) is 5.75 Å². The number of hydrogen-bond donors (Lipinski definition) is 2. The van der Waals surface area contributed by atoms with Gasteiger partial charge in [0.05, 0.1) is 19.1 Å². The van der Waals surface area contributed by atoms with Crippen molar-refractivity contribution in [2.24, 2.45) is 7.05 Å². The van der Waals surface area contributed by atoms with E-state index >= 15 is 0 Å². The normalized spacial score (nSPS) is 11.1. The maximum atomic E-state index is 12.1. The molecule has 1 heterocycles. The standard InChI is InChI=1S/C10H11N5O5S/c1-15-12-10(11-14-15)13-21(18,19)6-3-4-8(16)7(5-6)9(17)20-2/h3-5,16H,1-2H3,(H,12,13). The fourth-order valence-electron chi connectivity index (χ4n) is 1.46. The number of sulfonamides is 1. The number of nitrogens with one attached hydrogen (secondary N) is 1. The van der Waals surface area contributed by atoms with Crippen LogP contribution in [-0.4, -0.2) is 46.8 Å². The Bertz CT molecular complexity index is 785. The number of nitrogens with zero attached hydrogens (tertiary/aromatic N) is 4. The van der Waals surface area contributed by atoms with Crippen LogP contribution in [0.15, 0.2) is 23.1 Å². The Morgan fingerprint density at radius 3 is 2.71 bits per heavy atom. The van der Waals surface area contributed by atoms with Gasteiger partial charge in [-0.3, -0.25) is 0 Å². The topological polar surface area (TPSA) is 136 Å². The Morgan fingerprint density at radius 2 is 2.14 bits per heavy atom. The molecule has 1 aromatic heterocycles. The SMILES string of the molecule is COC(=O)c1cc(S(=O)(=O)Nc2nnn(C)n2)ccc1O. The number of tetrazole rings is 1. The van der Waals surface area contributed by atoms with E-state index in [2.05, 4.69) is 24.9 Å². The zero-order chi connectivity index (χ0) is 15.6. The summed E-state index contributed by atoms with van der Waals surface area (Å²) in [6, 6.07) is 3.19. The van der Waals surface area contributed by atoms with E-state index in [1.54, 1.807) is 0 Å². The second-order valence-corrected chi connectivity index (χ2v) is 5.56. The Balaban J connectivity index is 2.38. The molecule has 0 saturated carbocycles. The predicted octanol–water partition coefficient (Wildman–Crippen LogP) is -0.497. The van der Waals surface area contributed by atoms with Gasteiger partial charge >= 0.3 is 5.97 Å². The van der Waals surface area contributed by atoms with Gasteiger partial charge in [0.25, 0.3) is 16.0 Å². The highest BCUT2D eigenvalue weighted by atomic mass is 32.2. The monoisotopic (exact) mass is 313 g/mol. The van der Waals surface area contributed by atoms with Gasteiger partial charge in [-0.1, -0.05) is 5.10 Å². The Morgan fingerprint density at radius 1 is 1.43 bits per heavy atom. The number of phenolic OH excluding ortho intramolecular Hbond substituents is 1. The third-order valence-corrected chi connectivity index (χ3v) is 3.74. The number of phenols is 1. The summed E-state index contributed by atoms with van der Waals surface area (Å²) in [6.45, 7) is 0. The lowest BCUT2D eigenvalue weighted by Crippen LogP contribution is -2.15. The van der Waals surface area contributed by atoms with E-state index in [4.69, 9.17) is 0 Å². The van der Waals surface area contributed by atoms with Crippen molar-refractivity contribution >= 4 is 21.9 Å². The van der Waals surface area contributed by atoms with Gasteiger partial charge in [-0.25, -0.2) is 17.9 Å². The molecule has 2 rings (SSSR count). The van der Waals surface area contributed by atoms with E-state index in [9.17, 15) is 18.3 Å². The summed E-state index contributed by atoms with van der Waals surface area (Å²) in [7, 11) is -1.44. The zero-order valence-corrected chi connectivity index (χ0v) is 11.8. The van der Waals surface area contributed by atoms with E-state index < -0.39 is 21.7 Å². The van der Waals surface area contributed by atoms with Gasteiger partial charge in [0.1, 0.15) is 11.3 Å². The third kappa shape index (κ3) is 3.08. The van der Waals surface area contributed by atoms with Crippen LogP contribution >= 0.6 is 0 Å². The van der Waals surface area contributed by atoms with Gasteiger partial charge in [-0.15, -0.1) is 5.10 Å². The molecule has 2 N–H and O–H groups in total. The van der Waals surface area contributed by atoms with Crippen LogP contribution in [0, 0.1) is 0 Å². The second-order valence-electron chi connectivity index (χ2n) is 3.88. The lowest BCUT2D eigenvalue weighted by atomic mass is 10.2. The first-order valence-electron chi connectivity index (χ1n) is 5.51. The van der Waals surface area contributed by atoms with Gasteiger partial charge in [0.15, 0.2) is 0 Å². The number of ether oxygens (including phenoxy) is 1. The number of anilines is 1. The summed E-state index contributed by atoms with van der Waals surface area (Å²) in [5.74, 6) is -1.47. The predicted molar refractivity (Wildman–Crippen MR) is 69.1 cm³/mol. The van der Waals surface area contributed by atoms with Gasteiger partial charge in [-0.2, -0.15) is 4.80 Å². The van der Waals surface area contributed by atoms with Crippen molar-refractivity contribution in [1.82, 2.24) is 20.2 Å². The number of hydrogen-bond acceptors (Lipinski definition) is 8. The Hall–Kier alpha value is -2.69. The highest BCUT2D eigenvalue weighted by Crippen LogP contribution is 2.23. The molecule has 0 atom stereocenters. The number of carbonyl (C=O) groups excluding carboxylic acids is 1. The molecule has 0 fully saturated rings. The molecular formula is C10H11N5O5S. The van der Waals surface area contributed by atoms with Crippen LogP contribution in [0.2, 0.25) is 0 Å². The van der Waals surface area contributed by atoms with Crippen molar-refractivity contribution in [2.45, 2.75) is 4.90 Å². The Kier molecular flexibility index (Phi) is 3.76. The number of rotatable bonds is 4. The van der Waals surface area contributed by atoms with Crippen molar-refractivity contribution in [1.29, 1.82) is 0 Å². The quantitative estimate of drug-likeness (QED) is 0.721. The Labute approximate surface area is 119 Å². The third-order valence-electron chi connectivity index (χ3n) is 2.42. The lowest BCUT2D eigenvalue weighted by molar-refractivity contribution is 0.0597. The van der Waals surface area contributed by atoms with Crippen LogP contribution in [-0.2, 0) is 21.8 Å². The number of aromatic hydroxyl groups is 1. The smallest absolute Gasteiger partial charge is 0.341 e. The average Bonchev–Trinajstić information content (AvgIpc) is 2.82. The number of carbonyl (C=O) groups is 1. The molecule has 0 radical (unpaired) electrons. The molecule has 0 aliphatic rings. The van der Waals surface area contributed by atoms with E-state index in [1.165, 1.54) is 7.05 Å². The molecule has 0 unspecified atom stereocenters. The molecule has 0 aliphatic heterocycles. The van der Waals surface area contributed by atoms with Crippen LogP contribution in [0.1, 0.15) is 10.4 Å². The number of methoxy groups -OCH3 is 1.